The Kier molecular flexibility index (Phi) is 14.6. The molecule has 1 rings (SSSR count). The van der Waals surface area contributed by atoms with Crippen molar-refractivity contribution in [1.29, 1.82) is 0 Å². The van der Waals surface area contributed by atoms with Crippen LogP contribution in [0.3, 0.4) is 0 Å². The molecule has 0 radical (unpaired) electrons. The summed E-state index contributed by atoms with van der Waals surface area (Å²) in [6.07, 6.45) is 16.8. The molecule has 0 bridgehead atoms. The summed E-state index contributed by atoms with van der Waals surface area (Å²) in [5.41, 5.74) is 0. The van der Waals surface area contributed by atoms with E-state index >= 15 is 0 Å². The Hall–Kier alpha value is 2.08. The average Bonchev–Trinajstić information content (AvgIpc) is 2.35. The van der Waals surface area contributed by atoms with Crippen LogP contribution in [0.1, 0.15) is 70.6 Å². The van der Waals surface area contributed by atoms with Crippen molar-refractivity contribution in [2.24, 2.45) is 0 Å². The normalized spacial score (nSPS) is 24.0. The summed E-state index contributed by atoms with van der Waals surface area (Å²) in [5.74, 6) is 0. The zero-order valence-corrected chi connectivity index (χ0v) is 17.7. The quantitative estimate of drug-likeness (QED) is 0.448. The molecule has 1 heterocycles. The SMILES string of the molecule is C1CCCCCC[Se][Se][Se][Se]CCCCCC1. The van der Waals surface area contributed by atoms with E-state index in [1.807, 2.05) is 0 Å². The first-order valence-electron chi connectivity index (χ1n) is 7.08. The first-order chi connectivity index (χ1) is 8.50. The van der Waals surface area contributed by atoms with Crippen LogP contribution >= 0.6 is 0 Å². The van der Waals surface area contributed by atoms with Gasteiger partial charge in [0.15, 0.2) is 0 Å². The third-order valence-corrected chi connectivity index (χ3v) is 42.2. The molecule has 0 N–H and O–H groups in total. The predicted octanol–water partition coefficient (Wildman–Crippen LogP) is 3.69. The van der Waals surface area contributed by atoms with E-state index in [0.717, 1.165) is 48.9 Å². The fraction of sp³-hybridized carbons (Fsp3) is 1.00. The fourth-order valence-electron chi connectivity index (χ4n) is 2.02. The van der Waals surface area contributed by atoms with Gasteiger partial charge >= 0.3 is 130 Å². The molecule has 0 saturated carbocycles. The molecule has 102 valence electrons. The molecule has 0 aromatic heterocycles. The van der Waals surface area contributed by atoms with E-state index in [2.05, 4.69) is 0 Å². The van der Waals surface area contributed by atoms with Gasteiger partial charge in [-0.25, -0.2) is 0 Å². The summed E-state index contributed by atoms with van der Waals surface area (Å²) in [5, 5.41) is 3.23. The molecule has 0 spiro atoms. The van der Waals surface area contributed by atoms with Crippen LogP contribution in [0.2, 0.25) is 10.6 Å². The molecule has 0 atom stereocenters. The molecule has 0 aliphatic carbocycles. The fourth-order valence-corrected chi connectivity index (χ4v) is 44.0. The Bertz CT molecular complexity index is 82.9. The Morgan fingerprint density at radius 3 is 1.00 bits per heavy atom. The zero-order chi connectivity index (χ0) is 12.0. The van der Waals surface area contributed by atoms with Gasteiger partial charge in [-0.05, 0) is 0 Å². The number of hydrogen-bond acceptors (Lipinski definition) is 0. The van der Waals surface area contributed by atoms with Crippen LogP contribution in [-0.2, 0) is 0 Å². The van der Waals surface area contributed by atoms with E-state index < -0.39 is 0 Å². The van der Waals surface area contributed by atoms with Crippen molar-refractivity contribution in [2.45, 2.75) is 81.3 Å². The molecular formula is C13H26Se4. The van der Waals surface area contributed by atoms with Gasteiger partial charge in [0.05, 0.1) is 0 Å². The van der Waals surface area contributed by atoms with E-state index in [9.17, 15) is 0 Å². The number of hydrogen-bond donors (Lipinski definition) is 0. The summed E-state index contributed by atoms with van der Waals surface area (Å²) < 4.78 is 0. The summed E-state index contributed by atoms with van der Waals surface area (Å²) >= 11 is 4.44. The van der Waals surface area contributed by atoms with E-state index in [1.165, 1.54) is 57.8 Å². The van der Waals surface area contributed by atoms with Gasteiger partial charge in [0.1, 0.15) is 0 Å². The average molecular weight is 498 g/mol. The third kappa shape index (κ3) is 12.8. The molecule has 0 aromatic rings. The predicted molar refractivity (Wildman–Crippen MR) is 83.4 cm³/mol. The van der Waals surface area contributed by atoms with Crippen molar-refractivity contribution < 1.29 is 0 Å². The van der Waals surface area contributed by atoms with Crippen molar-refractivity contribution in [3.05, 3.63) is 0 Å². The van der Waals surface area contributed by atoms with Crippen LogP contribution in [0.5, 0.6) is 0 Å². The molecule has 1 fully saturated rings. The van der Waals surface area contributed by atoms with Gasteiger partial charge in [-0.15, -0.1) is 0 Å². The summed E-state index contributed by atoms with van der Waals surface area (Å²) in [6.45, 7) is 0. The monoisotopic (exact) mass is 502 g/mol. The van der Waals surface area contributed by atoms with Gasteiger partial charge in [-0.1, -0.05) is 0 Å². The van der Waals surface area contributed by atoms with Gasteiger partial charge in [0, 0.05) is 0 Å². The molecule has 1 aliphatic rings. The van der Waals surface area contributed by atoms with Crippen LogP contribution in [0, 0.1) is 0 Å². The topological polar surface area (TPSA) is 0 Å². The minimum absolute atomic E-state index is 1.09. The molecule has 1 aliphatic heterocycles. The summed E-state index contributed by atoms with van der Waals surface area (Å²) in [7, 11) is 0. The van der Waals surface area contributed by atoms with Crippen molar-refractivity contribution in [2.75, 3.05) is 0 Å². The summed E-state index contributed by atoms with van der Waals surface area (Å²) in [4.78, 5) is 0. The van der Waals surface area contributed by atoms with Crippen molar-refractivity contribution in [3.8, 4) is 0 Å². The Balaban J connectivity index is 2.01. The molecule has 0 nitrogen and oxygen atoms in total. The molecule has 17 heavy (non-hydrogen) atoms. The van der Waals surface area contributed by atoms with E-state index in [4.69, 9.17) is 0 Å². The van der Waals surface area contributed by atoms with Crippen LogP contribution in [-0.4, -0.2) is 48.9 Å². The van der Waals surface area contributed by atoms with Gasteiger partial charge in [0.2, 0.25) is 0 Å². The van der Waals surface area contributed by atoms with Gasteiger partial charge in [-0.2, -0.15) is 0 Å². The van der Waals surface area contributed by atoms with E-state index in [0.29, 0.717) is 0 Å². The summed E-state index contributed by atoms with van der Waals surface area (Å²) in [6, 6.07) is 0. The molecule has 1 saturated heterocycles. The molecule has 4 heteroatoms. The molecular weight excluding hydrogens is 472 g/mol. The van der Waals surface area contributed by atoms with E-state index in [-0.39, 0.29) is 0 Å². The first kappa shape index (κ1) is 17.1. The molecule has 0 amide bonds. The third-order valence-electron chi connectivity index (χ3n) is 3.08. The maximum absolute atomic E-state index is 1.62. The van der Waals surface area contributed by atoms with Crippen molar-refractivity contribution in [3.63, 3.8) is 0 Å². The Morgan fingerprint density at radius 2 is 0.647 bits per heavy atom. The molecule has 0 aromatic carbocycles. The van der Waals surface area contributed by atoms with Gasteiger partial charge in [-0.3, -0.25) is 0 Å². The second-order valence-corrected chi connectivity index (χ2v) is 31.5. The standard InChI is InChI=1S/C13H26Se4/c1-2-4-6-8-10-12-14-16-17-15-13-11-9-7-5-3-1/h1-13H2. The van der Waals surface area contributed by atoms with Crippen molar-refractivity contribution >= 4 is 48.9 Å². The maximum atomic E-state index is 1.62. The molecule has 0 unspecified atom stereocenters. The van der Waals surface area contributed by atoms with Gasteiger partial charge in [0.25, 0.3) is 0 Å². The second kappa shape index (κ2) is 14.5. The zero-order valence-electron chi connectivity index (χ0n) is 10.8. The Morgan fingerprint density at radius 1 is 0.353 bits per heavy atom. The minimum atomic E-state index is 1.09. The van der Waals surface area contributed by atoms with Crippen LogP contribution in [0.4, 0.5) is 0 Å². The van der Waals surface area contributed by atoms with Gasteiger partial charge < -0.3 is 0 Å². The van der Waals surface area contributed by atoms with Crippen LogP contribution in [0.15, 0.2) is 0 Å². The first-order valence-corrected chi connectivity index (χ1v) is 22.5. The number of rotatable bonds is 0. The Labute approximate surface area is 129 Å². The van der Waals surface area contributed by atoms with E-state index in [1.54, 1.807) is 23.5 Å². The van der Waals surface area contributed by atoms with Crippen LogP contribution in [0.25, 0.3) is 0 Å². The van der Waals surface area contributed by atoms with Crippen LogP contribution < -0.4 is 0 Å². The second-order valence-electron chi connectivity index (χ2n) is 4.67. The van der Waals surface area contributed by atoms with Crippen molar-refractivity contribution in [1.82, 2.24) is 0 Å².